The van der Waals surface area contributed by atoms with Crippen LogP contribution in [0.15, 0.2) is 24.4 Å². The van der Waals surface area contributed by atoms with Gasteiger partial charge in [-0.15, -0.1) is 0 Å². The van der Waals surface area contributed by atoms with Gasteiger partial charge in [0.2, 0.25) is 5.91 Å². The van der Waals surface area contributed by atoms with E-state index in [0.717, 1.165) is 48.1 Å². The second-order valence-corrected chi connectivity index (χ2v) is 8.42. The third-order valence-corrected chi connectivity index (χ3v) is 6.26. The lowest BCUT2D eigenvalue weighted by Gasteiger charge is -2.20. The third-order valence-electron chi connectivity index (χ3n) is 6.26. The number of anilines is 1. The number of amides is 2. The van der Waals surface area contributed by atoms with Gasteiger partial charge in [0.05, 0.1) is 23.7 Å². The highest BCUT2D eigenvalue weighted by atomic mass is 16.5. The Balaban J connectivity index is 1.68. The summed E-state index contributed by atoms with van der Waals surface area (Å²) in [6.07, 6.45) is 7.15. The third kappa shape index (κ3) is 3.97. The topological polar surface area (TPSA) is 90.2 Å². The van der Waals surface area contributed by atoms with E-state index in [-0.39, 0.29) is 17.7 Å². The van der Waals surface area contributed by atoms with Crippen molar-refractivity contribution in [3.63, 3.8) is 0 Å². The van der Waals surface area contributed by atoms with Crippen LogP contribution in [0.3, 0.4) is 0 Å². The quantitative estimate of drug-likeness (QED) is 0.613. The van der Waals surface area contributed by atoms with Gasteiger partial charge < -0.3 is 24.5 Å². The highest BCUT2D eigenvalue weighted by Crippen LogP contribution is 2.36. The van der Waals surface area contributed by atoms with Crippen LogP contribution in [0.1, 0.15) is 49.4 Å². The molecule has 0 atom stereocenters. The van der Waals surface area contributed by atoms with Crippen LogP contribution in [0, 0.1) is 5.92 Å². The van der Waals surface area contributed by atoms with Crippen molar-refractivity contribution in [3.8, 4) is 17.3 Å². The number of aromatic nitrogens is 3. The molecular weight excluding hydrogens is 406 g/mol. The summed E-state index contributed by atoms with van der Waals surface area (Å²) in [6, 6.07) is 5.78. The summed E-state index contributed by atoms with van der Waals surface area (Å²) in [7, 11) is 5.36. The monoisotopic (exact) mass is 437 g/mol. The number of ether oxygens (including phenoxy) is 1. The number of imidazole rings is 1. The molecule has 3 aromatic rings. The number of benzene rings is 1. The minimum Gasteiger partial charge on any atom is -0.494 e. The molecule has 1 aliphatic carbocycles. The molecule has 1 aromatic carbocycles. The zero-order valence-electron chi connectivity index (χ0n) is 19.2. The second kappa shape index (κ2) is 9.06. The first kappa shape index (κ1) is 21.9. The summed E-state index contributed by atoms with van der Waals surface area (Å²) in [6.45, 7) is 2.41. The van der Waals surface area contributed by atoms with Crippen molar-refractivity contribution in [1.29, 1.82) is 0 Å². The second-order valence-electron chi connectivity index (χ2n) is 8.42. The van der Waals surface area contributed by atoms with Gasteiger partial charge in [-0.05, 0) is 38.0 Å². The molecule has 8 nitrogen and oxygen atoms in total. The lowest BCUT2D eigenvalue weighted by atomic mass is 9.88. The molecule has 1 fully saturated rings. The van der Waals surface area contributed by atoms with E-state index < -0.39 is 0 Å². The maximum absolute atomic E-state index is 12.7. The minimum atomic E-state index is -0.183. The first-order valence-corrected chi connectivity index (χ1v) is 11.2. The van der Waals surface area contributed by atoms with E-state index in [4.69, 9.17) is 9.72 Å². The summed E-state index contributed by atoms with van der Waals surface area (Å²) in [4.78, 5) is 30.0. The summed E-state index contributed by atoms with van der Waals surface area (Å²) in [5, 5.41) is 5.89. The molecule has 2 amide bonds. The molecule has 1 saturated carbocycles. The molecule has 32 heavy (non-hydrogen) atoms. The molecular formula is C24H31N5O3. The fourth-order valence-electron chi connectivity index (χ4n) is 4.59. The van der Waals surface area contributed by atoms with E-state index in [1.165, 1.54) is 6.42 Å². The molecule has 0 radical (unpaired) electrons. The Bertz CT molecular complexity index is 1150. The van der Waals surface area contributed by atoms with Gasteiger partial charge in [0.1, 0.15) is 5.69 Å². The minimum absolute atomic E-state index is 0.0934. The Labute approximate surface area is 188 Å². The van der Waals surface area contributed by atoms with Crippen LogP contribution in [0.25, 0.3) is 22.6 Å². The Morgan fingerprint density at radius 2 is 1.94 bits per heavy atom. The number of carbonyl (C=O) groups excluding carboxylic acids is 2. The van der Waals surface area contributed by atoms with Gasteiger partial charge >= 0.3 is 0 Å². The molecule has 4 rings (SSSR count). The Morgan fingerprint density at radius 3 is 2.62 bits per heavy atom. The molecule has 0 unspecified atom stereocenters. The normalized spacial score (nSPS) is 14.5. The Hall–Kier alpha value is -3.29. The lowest BCUT2D eigenvalue weighted by Crippen LogP contribution is -2.24. The fraction of sp³-hybridized carbons (Fsp3) is 0.458. The van der Waals surface area contributed by atoms with Crippen LogP contribution in [0.4, 0.5) is 5.69 Å². The molecule has 0 saturated heterocycles. The smallest absolute Gasteiger partial charge is 0.256 e. The molecule has 1 aliphatic rings. The van der Waals surface area contributed by atoms with Crippen LogP contribution in [-0.2, 0) is 18.9 Å². The maximum Gasteiger partial charge on any atom is 0.256 e. The summed E-state index contributed by atoms with van der Waals surface area (Å²) in [5.74, 6) is 1.18. The van der Waals surface area contributed by atoms with Gasteiger partial charge in [0, 0.05) is 38.4 Å². The SMILES string of the molecule is CCNC(=O)c1cn(C)c(-c2nc3cc(NC(=O)C4CCCCC4)ccc3n2C)c1OC. The zero-order valence-corrected chi connectivity index (χ0v) is 19.2. The number of hydrogen-bond acceptors (Lipinski definition) is 4. The van der Waals surface area contributed by atoms with E-state index >= 15 is 0 Å². The van der Waals surface area contributed by atoms with Gasteiger partial charge in [-0.25, -0.2) is 4.98 Å². The predicted octanol–water partition coefficient (Wildman–Crippen LogP) is 3.86. The average molecular weight is 438 g/mol. The highest BCUT2D eigenvalue weighted by molar-refractivity contribution is 6.00. The molecule has 0 bridgehead atoms. The van der Waals surface area contributed by atoms with Crippen LogP contribution in [0.2, 0.25) is 0 Å². The van der Waals surface area contributed by atoms with Gasteiger partial charge in [0.25, 0.3) is 5.91 Å². The number of rotatable bonds is 6. The lowest BCUT2D eigenvalue weighted by molar-refractivity contribution is -0.120. The fourth-order valence-corrected chi connectivity index (χ4v) is 4.59. The Kier molecular flexibility index (Phi) is 6.21. The van der Waals surface area contributed by atoms with E-state index in [9.17, 15) is 9.59 Å². The zero-order chi connectivity index (χ0) is 22.8. The maximum atomic E-state index is 12.7. The Morgan fingerprint density at radius 1 is 1.19 bits per heavy atom. The number of nitrogens with one attached hydrogen (secondary N) is 2. The number of carbonyl (C=O) groups is 2. The summed E-state index contributed by atoms with van der Waals surface area (Å²) in [5.41, 5.74) is 3.64. The van der Waals surface area contributed by atoms with Gasteiger partial charge in [-0.3, -0.25) is 9.59 Å². The molecule has 2 aromatic heterocycles. The number of fused-ring (bicyclic) bond motifs is 1. The summed E-state index contributed by atoms with van der Waals surface area (Å²) >= 11 is 0. The van der Waals surface area contributed by atoms with Crippen molar-refractivity contribution >= 4 is 28.5 Å². The average Bonchev–Trinajstić information content (AvgIpc) is 3.30. The van der Waals surface area contributed by atoms with Crippen molar-refractivity contribution in [1.82, 2.24) is 19.4 Å². The number of nitrogens with zero attached hydrogens (tertiary/aromatic N) is 3. The van der Waals surface area contributed by atoms with Crippen molar-refractivity contribution in [2.45, 2.75) is 39.0 Å². The first-order chi connectivity index (χ1) is 15.4. The van der Waals surface area contributed by atoms with E-state index in [2.05, 4.69) is 10.6 Å². The van der Waals surface area contributed by atoms with E-state index in [1.807, 2.05) is 48.4 Å². The highest BCUT2D eigenvalue weighted by Gasteiger charge is 2.25. The standard InChI is InChI=1S/C24H31N5O3/c1-5-25-24(31)17-14-28(2)20(21(17)32-4)22-27-18-13-16(11-12-19(18)29(22)3)26-23(30)15-9-7-6-8-10-15/h11-15H,5-10H2,1-4H3,(H,25,31)(H,26,30). The van der Waals surface area contributed by atoms with Crippen LogP contribution in [-0.4, -0.2) is 39.6 Å². The van der Waals surface area contributed by atoms with Gasteiger partial charge in [-0.2, -0.15) is 0 Å². The number of hydrogen-bond donors (Lipinski definition) is 2. The van der Waals surface area contributed by atoms with Gasteiger partial charge in [0.15, 0.2) is 11.6 Å². The number of aryl methyl sites for hydroxylation is 2. The van der Waals surface area contributed by atoms with Crippen molar-refractivity contribution in [2.24, 2.45) is 20.0 Å². The first-order valence-electron chi connectivity index (χ1n) is 11.2. The van der Waals surface area contributed by atoms with E-state index in [0.29, 0.717) is 23.7 Å². The van der Waals surface area contributed by atoms with Gasteiger partial charge in [-0.1, -0.05) is 19.3 Å². The molecule has 0 spiro atoms. The van der Waals surface area contributed by atoms with Crippen LogP contribution >= 0.6 is 0 Å². The molecule has 2 N–H and O–H groups in total. The molecule has 8 heteroatoms. The largest absolute Gasteiger partial charge is 0.494 e. The molecule has 2 heterocycles. The summed E-state index contributed by atoms with van der Waals surface area (Å²) < 4.78 is 9.45. The number of methoxy groups -OCH3 is 1. The van der Waals surface area contributed by atoms with Crippen LogP contribution in [0.5, 0.6) is 5.75 Å². The van der Waals surface area contributed by atoms with Crippen molar-refractivity contribution < 1.29 is 14.3 Å². The van der Waals surface area contributed by atoms with Crippen LogP contribution < -0.4 is 15.4 Å². The molecule has 170 valence electrons. The molecule has 0 aliphatic heterocycles. The van der Waals surface area contributed by atoms with E-state index in [1.54, 1.807) is 13.3 Å². The predicted molar refractivity (Wildman–Crippen MR) is 125 cm³/mol. The van der Waals surface area contributed by atoms with Crippen molar-refractivity contribution in [3.05, 3.63) is 30.0 Å². The van der Waals surface area contributed by atoms with Crippen molar-refractivity contribution in [2.75, 3.05) is 19.0 Å².